The summed E-state index contributed by atoms with van der Waals surface area (Å²) in [7, 11) is 0. The monoisotopic (exact) mass is 474 g/mol. The minimum absolute atomic E-state index is 0.0660. The lowest BCUT2D eigenvalue weighted by atomic mass is 10.1. The number of nitrogens with one attached hydrogen (secondary N) is 2. The van der Waals surface area contributed by atoms with Crippen molar-refractivity contribution in [1.82, 2.24) is 24.7 Å². The van der Waals surface area contributed by atoms with Gasteiger partial charge >= 0.3 is 6.18 Å². The molecule has 4 rings (SSSR count). The summed E-state index contributed by atoms with van der Waals surface area (Å²) in [4.78, 5) is 26.8. The minimum Gasteiger partial charge on any atom is -0.350 e. The number of amides is 1. The Labute approximate surface area is 194 Å². The van der Waals surface area contributed by atoms with E-state index in [4.69, 9.17) is 0 Å². The lowest BCUT2D eigenvalue weighted by molar-refractivity contribution is -0.141. The van der Waals surface area contributed by atoms with Crippen LogP contribution in [0.4, 0.5) is 30.6 Å². The highest BCUT2D eigenvalue weighted by Crippen LogP contribution is 2.33. The van der Waals surface area contributed by atoms with Crippen molar-refractivity contribution >= 4 is 23.4 Å². The van der Waals surface area contributed by atoms with Crippen LogP contribution in [0.1, 0.15) is 44.0 Å². The highest BCUT2D eigenvalue weighted by atomic mass is 19.4. The van der Waals surface area contributed by atoms with Crippen LogP contribution in [0.3, 0.4) is 0 Å². The average Bonchev–Trinajstić information content (AvgIpc) is 3.23. The second kappa shape index (κ2) is 9.27. The van der Waals surface area contributed by atoms with E-state index in [0.29, 0.717) is 42.5 Å². The molecule has 0 saturated carbocycles. The molecule has 1 aliphatic rings. The first-order valence-corrected chi connectivity index (χ1v) is 10.9. The molecule has 9 nitrogen and oxygen atoms in total. The third-order valence-corrected chi connectivity index (χ3v) is 5.45. The summed E-state index contributed by atoms with van der Waals surface area (Å²) in [5, 5.41) is 10.3. The van der Waals surface area contributed by atoms with Gasteiger partial charge in [-0.1, -0.05) is 13.0 Å². The van der Waals surface area contributed by atoms with Crippen LogP contribution in [0, 0.1) is 0 Å². The average molecular weight is 474 g/mol. The topological polar surface area (TPSA) is 101 Å². The van der Waals surface area contributed by atoms with Gasteiger partial charge in [-0.25, -0.2) is 4.98 Å². The van der Waals surface area contributed by atoms with Crippen molar-refractivity contribution in [3.63, 3.8) is 0 Å². The molecule has 3 aromatic heterocycles. The quantitative estimate of drug-likeness (QED) is 0.539. The highest BCUT2D eigenvalue weighted by molar-refractivity contribution is 6.02. The Morgan fingerprint density at radius 3 is 2.59 bits per heavy atom. The Morgan fingerprint density at radius 2 is 1.94 bits per heavy atom. The van der Waals surface area contributed by atoms with E-state index in [1.165, 1.54) is 12.3 Å². The van der Waals surface area contributed by atoms with Gasteiger partial charge in [0, 0.05) is 30.5 Å². The van der Waals surface area contributed by atoms with Crippen LogP contribution in [0.25, 0.3) is 0 Å². The van der Waals surface area contributed by atoms with E-state index in [1.807, 2.05) is 25.7 Å². The Morgan fingerprint density at radius 1 is 1.15 bits per heavy atom. The van der Waals surface area contributed by atoms with Gasteiger partial charge in [0.1, 0.15) is 17.4 Å². The van der Waals surface area contributed by atoms with Crippen LogP contribution in [0.15, 0.2) is 36.9 Å². The van der Waals surface area contributed by atoms with Gasteiger partial charge < -0.3 is 15.5 Å². The van der Waals surface area contributed by atoms with Crippen molar-refractivity contribution in [3.05, 3.63) is 53.7 Å². The third-order valence-electron chi connectivity index (χ3n) is 5.45. The zero-order valence-corrected chi connectivity index (χ0v) is 19.0. The van der Waals surface area contributed by atoms with Gasteiger partial charge in [-0.2, -0.15) is 23.3 Å². The van der Waals surface area contributed by atoms with Crippen molar-refractivity contribution in [2.45, 2.75) is 58.5 Å². The van der Waals surface area contributed by atoms with Gasteiger partial charge in [0.15, 0.2) is 5.82 Å². The second-order valence-electron chi connectivity index (χ2n) is 8.29. The van der Waals surface area contributed by atoms with Crippen molar-refractivity contribution < 1.29 is 18.0 Å². The summed E-state index contributed by atoms with van der Waals surface area (Å²) in [5.41, 5.74) is 1.11. The molecule has 3 aromatic rings. The van der Waals surface area contributed by atoms with Crippen LogP contribution in [-0.4, -0.2) is 42.7 Å². The smallest absolute Gasteiger partial charge is 0.350 e. The van der Waals surface area contributed by atoms with Crippen LogP contribution < -0.4 is 15.5 Å². The molecule has 0 fully saturated rings. The van der Waals surface area contributed by atoms with Crippen LogP contribution in [-0.2, 0) is 24.1 Å². The maximum Gasteiger partial charge on any atom is 0.433 e. The molecule has 4 heterocycles. The summed E-state index contributed by atoms with van der Waals surface area (Å²) in [5.74, 6) is 1.02. The van der Waals surface area contributed by atoms with Gasteiger partial charge in [-0.3, -0.25) is 14.5 Å². The van der Waals surface area contributed by atoms with E-state index >= 15 is 0 Å². The zero-order valence-electron chi connectivity index (χ0n) is 19.0. The number of halogens is 3. The number of carbonyl (C=O) groups excluding carboxylic acids is 1. The summed E-state index contributed by atoms with van der Waals surface area (Å²) in [6, 6.07) is 2.13. The molecule has 0 aromatic carbocycles. The molecule has 34 heavy (non-hydrogen) atoms. The summed E-state index contributed by atoms with van der Waals surface area (Å²) in [6.07, 6.45) is 2.44. The second-order valence-corrected chi connectivity index (χ2v) is 8.29. The summed E-state index contributed by atoms with van der Waals surface area (Å²) < 4.78 is 39.6. The maximum absolute atomic E-state index is 12.7. The number of hydrogen-bond acceptors (Lipinski definition) is 7. The number of pyridine rings is 1. The predicted octanol–water partition coefficient (Wildman–Crippen LogP) is 3.69. The fourth-order valence-corrected chi connectivity index (χ4v) is 3.86. The number of hydrogen-bond donors (Lipinski definition) is 2. The molecular weight excluding hydrogens is 449 g/mol. The first-order valence-electron chi connectivity index (χ1n) is 10.9. The van der Waals surface area contributed by atoms with Crippen LogP contribution in [0.2, 0.25) is 0 Å². The molecule has 0 bridgehead atoms. The molecule has 180 valence electrons. The number of fused-ring (bicyclic) bond motifs is 1. The van der Waals surface area contributed by atoms with Crippen LogP contribution >= 0.6 is 0 Å². The lowest BCUT2D eigenvalue weighted by Gasteiger charge is -2.39. The summed E-state index contributed by atoms with van der Waals surface area (Å²) >= 11 is 0. The molecule has 1 amide bonds. The Kier molecular flexibility index (Phi) is 6.40. The van der Waals surface area contributed by atoms with E-state index in [9.17, 15) is 18.0 Å². The van der Waals surface area contributed by atoms with Gasteiger partial charge in [-0.05, 0) is 31.9 Å². The van der Waals surface area contributed by atoms with Crippen molar-refractivity contribution in [3.8, 4) is 0 Å². The van der Waals surface area contributed by atoms with Crippen LogP contribution in [0.5, 0.6) is 0 Å². The molecule has 2 N–H and O–H groups in total. The molecule has 12 heteroatoms. The fraction of sp³-hybridized carbons (Fsp3) is 0.409. The highest BCUT2D eigenvalue weighted by Gasteiger charge is 2.35. The standard InChI is InChI=1S/C22H25F3N8O/c1-4-17-20(34)30-16-10-28-21(31-19(16)33(17)13(2)3)27-8-15-9-29-32(12-15)11-14-5-6-18(26-7-14)22(23,24)25/h5-7,9-10,12-13,17H,4,8,11H2,1-3H3,(H,30,34)(H,27,28,31)/t17-/m0/s1. The van der Waals surface area contributed by atoms with Gasteiger partial charge in [0.2, 0.25) is 11.9 Å². The van der Waals surface area contributed by atoms with E-state index in [1.54, 1.807) is 23.3 Å². The van der Waals surface area contributed by atoms with E-state index in [-0.39, 0.29) is 18.0 Å². The molecular formula is C22H25F3N8O. The molecule has 0 spiro atoms. The Balaban J connectivity index is 1.42. The number of carbonyl (C=O) groups is 1. The first kappa shape index (κ1) is 23.5. The molecule has 0 saturated heterocycles. The normalized spacial score (nSPS) is 15.9. The van der Waals surface area contributed by atoms with Gasteiger partial charge in [0.25, 0.3) is 0 Å². The number of alkyl halides is 3. The minimum atomic E-state index is -4.46. The van der Waals surface area contributed by atoms with Gasteiger partial charge in [0.05, 0.1) is 18.9 Å². The lowest BCUT2D eigenvalue weighted by Crippen LogP contribution is -2.51. The van der Waals surface area contributed by atoms with E-state index in [2.05, 4.69) is 30.7 Å². The maximum atomic E-state index is 12.7. The molecule has 0 aliphatic carbocycles. The van der Waals surface area contributed by atoms with E-state index in [0.717, 1.165) is 11.6 Å². The SMILES string of the molecule is CC[C@H]1C(=O)Nc2cnc(NCc3cnn(Cc4ccc(C(F)(F)F)nc4)c3)nc2N1C(C)C. The first-order chi connectivity index (χ1) is 16.2. The predicted molar refractivity (Wildman–Crippen MR) is 120 cm³/mol. The number of aromatic nitrogens is 5. The van der Waals surface area contributed by atoms with Crippen molar-refractivity contribution in [2.75, 3.05) is 15.5 Å². The molecule has 1 atom stereocenters. The number of anilines is 3. The van der Waals surface area contributed by atoms with Crippen molar-refractivity contribution in [1.29, 1.82) is 0 Å². The fourth-order valence-electron chi connectivity index (χ4n) is 3.86. The Hall–Kier alpha value is -3.70. The summed E-state index contributed by atoms with van der Waals surface area (Å²) in [6.45, 7) is 6.68. The largest absolute Gasteiger partial charge is 0.433 e. The molecule has 0 unspecified atom stereocenters. The Bertz CT molecular complexity index is 1160. The van der Waals surface area contributed by atoms with Crippen molar-refractivity contribution in [2.24, 2.45) is 0 Å². The number of rotatable bonds is 7. The third kappa shape index (κ3) is 4.95. The zero-order chi connectivity index (χ0) is 24.5. The molecule has 1 aliphatic heterocycles. The molecule has 0 radical (unpaired) electrons. The van der Waals surface area contributed by atoms with E-state index < -0.39 is 11.9 Å². The van der Waals surface area contributed by atoms with Gasteiger partial charge in [-0.15, -0.1) is 0 Å². The number of nitrogens with zero attached hydrogens (tertiary/aromatic N) is 6.